The van der Waals surface area contributed by atoms with Crippen LogP contribution in [0, 0.1) is 6.92 Å². The molecule has 0 saturated carbocycles. The molecule has 18 heavy (non-hydrogen) atoms. The molecule has 0 amide bonds. The lowest BCUT2D eigenvalue weighted by molar-refractivity contribution is 0.423. The van der Waals surface area contributed by atoms with Crippen molar-refractivity contribution in [3.63, 3.8) is 0 Å². The van der Waals surface area contributed by atoms with Gasteiger partial charge >= 0.3 is 0 Å². The summed E-state index contributed by atoms with van der Waals surface area (Å²) in [6.07, 6.45) is 3.03. The molecule has 1 saturated heterocycles. The summed E-state index contributed by atoms with van der Waals surface area (Å²) in [6.45, 7) is 2.57. The number of sulfone groups is 1. The van der Waals surface area contributed by atoms with Crippen LogP contribution >= 0.6 is 11.6 Å². The van der Waals surface area contributed by atoms with Gasteiger partial charge in [-0.1, -0.05) is 18.0 Å². The molecule has 100 valence electrons. The van der Waals surface area contributed by atoms with E-state index in [-0.39, 0.29) is 22.1 Å². The van der Waals surface area contributed by atoms with E-state index < -0.39 is 9.84 Å². The first-order chi connectivity index (χ1) is 8.47. The topological polar surface area (TPSA) is 72.0 Å². The van der Waals surface area contributed by atoms with Crippen molar-refractivity contribution in [3.05, 3.63) is 16.9 Å². The molecule has 1 aliphatic rings. The molecule has 1 fully saturated rings. The second-order valence-corrected chi connectivity index (χ2v) is 6.86. The SMILES string of the molecule is Cc1cc(Cl)nc(S(=O)(=O)C[C@H]2CCCCN2)n1. The molecular weight excluding hydrogens is 274 g/mol. The molecule has 5 nitrogen and oxygen atoms in total. The molecule has 1 atom stereocenters. The van der Waals surface area contributed by atoms with Crippen molar-refractivity contribution in [2.45, 2.75) is 37.4 Å². The van der Waals surface area contributed by atoms with E-state index in [1.807, 2.05) is 0 Å². The van der Waals surface area contributed by atoms with Crippen molar-refractivity contribution in [2.75, 3.05) is 12.3 Å². The minimum absolute atomic E-state index is 0.00774. The standard InChI is InChI=1S/C11H16ClN3O2S/c1-8-6-10(12)15-11(14-8)18(16,17)7-9-4-2-3-5-13-9/h6,9,13H,2-5,7H2,1H3/t9-/m1/s1. The fourth-order valence-corrected chi connectivity index (χ4v) is 3.82. The Hall–Kier alpha value is -0.720. The van der Waals surface area contributed by atoms with E-state index in [1.165, 1.54) is 0 Å². The van der Waals surface area contributed by atoms with Gasteiger partial charge in [-0.15, -0.1) is 0 Å². The Kier molecular flexibility index (Phi) is 4.19. The highest BCUT2D eigenvalue weighted by Gasteiger charge is 2.25. The maximum absolute atomic E-state index is 12.2. The molecule has 0 spiro atoms. The normalized spacial score (nSPS) is 20.9. The van der Waals surface area contributed by atoms with Crippen LogP contribution in [-0.4, -0.2) is 36.7 Å². The highest BCUT2D eigenvalue weighted by Crippen LogP contribution is 2.15. The zero-order chi connectivity index (χ0) is 13.2. The predicted octanol–water partition coefficient (Wildman–Crippen LogP) is 1.35. The van der Waals surface area contributed by atoms with Crippen LogP contribution in [0.3, 0.4) is 0 Å². The van der Waals surface area contributed by atoms with Gasteiger partial charge in [0.05, 0.1) is 5.75 Å². The van der Waals surface area contributed by atoms with Crippen molar-refractivity contribution >= 4 is 21.4 Å². The molecule has 0 aromatic carbocycles. The summed E-state index contributed by atoms with van der Waals surface area (Å²) in [5.41, 5.74) is 0.560. The summed E-state index contributed by atoms with van der Waals surface area (Å²) in [7, 11) is -3.47. The van der Waals surface area contributed by atoms with Gasteiger partial charge in [-0.05, 0) is 32.4 Å². The summed E-state index contributed by atoms with van der Waals surface area (Å²) in [5, 5.41) is 3.20. The molecule has 0 unspecified atom stereocenters. The number of rotatable bonds is 3. The average molecular weight is 290 g/mol. The minimum atomic E-state index is -3.47. The number of nitrogens with zero attached hydrogens (tertiary/aromatic N) is 2. The van der Waals surface area contributed by atoms with E-state index in [9.17, 15) is 8.42 Å². The average Bonchev–Trinajstić information content (AvgIpc) is 2.28. The van der Waals surface area contributed by atoms with E-state index in [4.69, 9.17) is 11.6 Å². The molecule has 1 N–H and O–H groups in total. The van der Waals surface area contributed by atoms with Gasteiger partial charge in [0.2, 0.25) is 15.0 Å². The highest BCUT2D eigenvalue weighted by atomic mass is 35.5. The van der Waals surface area contributed by atoms with Crippen molar-refractivity contribution in [2.24, 2.45) is 0 Å². The van der Waals surface area contributed by atoms with Gasteiger partial charge in [-0.2, -0.15) is 0 Å². The summed E-state index contributed by atoms with van der Waals surface area (Å²) in [6, 6.07) is 1.53. The van der Waals surface area contributed by atoms with Crippen molar-refractivity contribution in [3.8, 4) is 0 Å². The lowest BCUT2D eigenvalue weighted by Crippen LogP contribution is -2.39. The Balaban J connectivity index is 2.19. The number of aryl methyl sites for hydroxylation is 1. The second-order valence-electron chi connectivity index (χ2n) is 4.54. The summed E-state index contributed by atoms with van der Waals surface area (Å²) in [4.78, 5) is 7.77. The van der Waals surface area contributed by atoms with Crippen LogP contribution in [0.5, 0.6) is 0 Å². The van der Waals surface area contributed by atoms with Crippen LogP contribution in [0.25, 0.3) is 0 Å². The quantitative estimate of drug-likeness (QED) is 0.672. The van der Waals surface area contributed by atoms with Crippen molar-refractivity contribution in [1.82, 2.24) is 15.3 Å². The van der Waals surface area contributed by atoms with Gasteiger partial charge in [-0.25, -0.2) is 18.4 Å². The third kappa shape index (κ3) is 3.40. The van der Waals surface area contributed by atoms with Crippen molar-refractivity contribution in [1.29, 1.82) is 0 Å². The Morgan fingerprint density at radius 2 is 2.22 bits per heavy atom. The van der Waals surface area contributed by atoms with E-state index >= 15 is 0 Å². The lowest BCUT2D eigenvalue weighted by atomic mass is 10.1. The van der Waals surface area contributed by atoms with Gasteiger partial charge in [-0.3, -0.25) is 0 Å². The van der Waals surface area contributed by atoms with Crippen LogP contribution in [0.4, 0.5) is 0 Å². The Morgan fingerprint density at radius 1 is 1.44 bits per heavy atom. The van der Waals surface area contributed by atoms with Crippen LogP contribution in [-0.2, 0) is 9.84 Å². The number of nitrogens with one attached hydrogen (secondary N) is 1. The molecule has 2 heterocycles. The summed E-state index contributed by atoms with van der Waals surface area (Å²) in [5.74, 6) is 0.0345. The highest BCUT2D eigenvalue weighted by molar-refractivity contribution is 7.91. The van der Waals surface area contributed by atoms with E-state index in [0.717, 1.165) is 25.8 Å². The third-order valence-corrected chi connectivity index (χ3v) is 4.69. The van der Waals surface area contributed by atoms with Gasteiger partial charge in [0, 0.05) is 11.7 Å². The van der Waals surface area contributed by atoms with Crippen molar-refractivity contribution < 1.29 is 8.42 Å². The van der Waals surface area contributed by atoms with Gasteiger partial charge in [0.1, 0.15) is 5.15 Å². The van der Waals surface area contributed by atoms with Gasteiger partial charge < -0.3 is 5.32 Å². The predicted molar refractivity (Wildman–Crippen MR) is 69.5 cm³/mol. The summed E-state index contributed by atoms with van der Waals surface area (Å²) < 4.78 is 24.4. The Labute approximate surface area is 112 Å². The molecule has 0 bridgehead atoms. The van der Waals surface area contributed by atoms with Crippen LogP contribution in [0.15, 0.2) is 11.2 Å². The van der Waals surface area contributed by atoms with E-state index in [1.54, 1.807) is 13.0 Å². The molecule has 2 rings (SSSR count). The molecule has 0 radical (unpaired) electrons. The first kappa shape index (κ1) is 13.7. The lowest BCUT2D eigenvalue weighted by Gasteiger charge is -2.22. The summed E-state index contributed by atoms with van der Waals surface area (Å²) >= 11 is 5.77. The first-order valence-electron chi connectivity index (χ1n) is 5.95. The Bertz CT molecular complexity index is 507. The van der Waals surface area contributed by atoms with Crippen LogP contribution in [0.1, 0.15) is 25.0 Å². The molecule has 7 heteroatoms. The molecule has 1 aromatic heterocycles. The molecule has 1 aromatic rings. The zero-order valence-electron chi connectivity index (χ0n) is 10.2. The van der Waals surface area contributed by atoms with Crippen LogP contribution < -0.4 is 5.32 Å². The largest absolute Gasteiger partial charge is 0.313 e. The fraction of sp³-hybridized carbons (Fsp3) is 0.636. The third-order valence-electron chi connectivity index (χ3n) is 2.91. The molecule has 1 aliphatic heterocycles. The smallest absolute Gasteiger partial charge is 0.248 e. The van der Waals surface area contributed by atoms with Gasteiger partial charge in [0.15, 0.2) is 0 Å². The minimum Gasteiger partial charge on any atom is -0.313 e. The van der Waals surface area contributed by atoms with E-state index in [0.29, 0.717) is 5.69 Å². The second kappa shape index (κ2) is 5.50. The van der Waals surface area contributed by atoms with Crippen LogP contribution in [0.2, 0.25) is 5.15 Å². The maximum atomic E-state index is 12.2. The zero-order valence-corrected chi connectivity index (χ0v) is 11.8. The molecule has 0 aliphatic carbocycles. The van der Waals surface area contributed by atoms with E-state index in [2.05, 4.69) is 15.3 Å². The monoisotopic (exact) mass is 289 g/mol. The fourth-order valence-electron chi connectivity index (χ4n) is 2.05. The number of hydrogen-bond acceptors (Lipinski definition) is 5. The van der Waals surface area contributed by atoms with Gasteiger partial charge in [0.25, 0.3) is 0 Å². The molecular formula is C11H16ClN3O2S. The first-order valence-corrected chi connectivity index (χ1v) is 7.98. The number of hydrogen-bond donors (Lipinski definition) is 1. The number of halogens is 1. The number of aromatic nitrogens is 2. The Morgan fingerprint density at radius 3 is 2.83 bits per heavy atom. The maximum Gasteiger partial charge on any atom is 0.248 e. The number of piperidine rings is 1.